The van der Waals surface area contributed by atoms with Crippen LogP contribution in [0.5, 0.6) is 0 Å². The molecule has 2 heterocycles. The fourth-order valence-corrected chi connectivity index (χ4v) is 1.97. The summed E-state index contributed by atoms with van der Waals surface area (Å²) in [7, 11) is 0. The second-order valence-electron chi connectivity index (χ2n) is 3.88. The van der Waals surface area contributed by atoms with Crippen LogP contribution in [0.1, 0.15) is 38.4 Å². The van der Waals surface area contributed by atoms with E-state index in [2.05, 4.69) is 28.6 Å². The zero-order valence-electron chi connectivity index (χ0n) is 7.70. The molecule has 66 valence electrons. The highest BCUT2D eigenvalue weighted by Crippen LogP contribution is 2.31. The van der Waals surface area contributed by atoms with Gasteiger partial charge in [0.25, 0.3) is 0 Å². The predicted octanol–water partition coefficient (Wildman–Crippen LogP) is 1.81. The molecule has 3 heteroatoms. The predicted molar refractivity (Wildman–Crippen MR) is 46.8 cm³/mol. The van der Waals surface area contributed by atoms with Crippen LogP contribution in [0, 0.1) is 5.92 Å². The summed E-state index contributed by atoms with van der Waals surface area (Å²) >= 11 is 0. The monoisotopic (exact) mass is 165 g/mol. The van der Waals surface area contributed by atoms with Gasteiger partial charge in [0.05, 0.1) is 0 Å². The topological polar surface area (TPSA) is 30.7 Å². The van der Waals surface area contributed by atoms with Crippen molar-refractivity contribution < 1.29 is 0 Å². The van der Waals surface area contributed by atoms with Crippen molar-refractivity contribution in [3.8, 4) is 0 Å². The molecule has 0 bridgehead atoms. The molecular formula is C9H15N3. The third-order valence-electron chi connectivity index (χ3n) is 2.70. The highest BCUT2D eigenvalue weighted by Gasteiger charge is 2.24. The van der Waals surface area contributed by atoms with Crippen LogP contribution in [0.15, 0.2) is 6.33 Å². The molecular weight excluding hydrogens is 150 g/mol. The van der Waals surface area contributed by atoms with Crippen LogP contribution in [0.3, 0.4) is 0 Å². The second kappa shape index (κ2) is 2.88. The van der Waals surface area contributed by atoms with Gasteiger partial charge in [0, 0.05) is 12.5 Å². The highest BCUT2D eigenvalue weighted by atomic mass is 15.3. The Kier molecular flexibility index (Phi) is 1.87. The van der Waals surface area contributed by atoms with Gasteiger partial charge in [-0.1, -0.05) is 13.8 Å². The van der Waals surface area contributed by atoms with E-state index in [-0.39, 0.29) is 0 Å². The van der Waals surface area contributed by atoms with Crippen LogP contribution in [0.2, 0.25) is 0 Å². The number of aryl methyl sites for hydroxylation is 1. The van der Waals surface area contributed by atoms with Crippen molar-refractivity contribution in [2.24, 2.45) is 5.92 Å². The maximum absolute atomic E-state index is 4.17. The summed E-state index contributed by atoms with van der Waals surface area (Å²) in [5.74, 6) is 2.51. The molecule has 1 atom stereocenters. The van der Waals surface area contributed by atoms with Crippen molar-refractivity contribution in [2.45, 2.75) is 39.2 Å². The molecule has 0 aliphatic carbocycles. The van der Waals surface area contributed by atoms with Gasteiger partial charge in [-0.2, -0.15) is 0 Å². The summed E-state index contributed by atoms with van der Waals surface area (Å²) in [5, 5.41) is 8.12. The van der Waals surface area contributed by atoms with Gasteiger partial charge >= 0.3 is 0 Å². The molecule has 0 spiro atoms. The van der Waals surface area contributed by atoms with E-state index in [0.717, 1.165) is 6.54 Å². The molecule has 1 aromatic heterocycles. The third-order valence-corrected chi connectivity index (χ3v) is 2.70. The number of aromatic nitrogens is 3. The van der Waals surface area contributed by atoms with Crippen molar-refractivity contribution in [1.29, 1.82) is 0 Å². The SMILES string of the molecule is CC(C)C1CCCn2cnnc21. The molecule has 0 aromatic carbocycles. The molecule has 0 saturated heterocycles. The lowest BCUT2D eigenvalue weighted by molar-refractivity contribution is 0.367. The highest BCUT2D eigenvalue weighted by molar-refractivity contribution is 5.00. The first-order chi connectivity index (χ1) is 5.79. The summed E-state index contributed by atoms with van der Waals surface area (Å²) in [4.78, 5) is 0. The molecule has 0 radical (unpaired) electrons. The Morgan fingerprint density at radius 2 is 2.42 bits per heavy atom. The minimum absolute atomic E-state index is 0.626. The van der Waals surface area contributed by atoms with Gasteiger partial charge in [0.2, 0.25) is 0 Å². The third kappa shape index (κ3) is 1.13. The number of hydrogen-bond acceptors (Lipinski definition) is 2. The van der Waals surface area contributed by atoms with Crippen molar-refractivity contribution in [1.82, 2.24) is 14.8 Å². The number of hydrogen-bond donors (Lipinski definition) is 0. The number of nitrogens with zero attached hydrogens (tertiary/aromatic N) is 3. The Hall–Kier alpha value is -0.860. The first-order valence-corrected chi connectivity index (χ1v) is 4.66. The Labute approximate surface area is 72.8 Å². The summed E-state index contributed by atoms with van der Waals surface area (Å²) in [6, 6.07) is 0. The van der Waals surface area contributed by atoms with Crippen LogP contribution in [-0.2, 0) is 6.54 Å². The van der Waals surface area contributed by atoms with Crippen molar-refractivity contribution >= 4 is 0 Å². The Bertz CT molecular complexity index is 264. The van der Waals surface area contributed by atoms with E-state index in [1.54, 1.807) is 0 Å². The van der Waals surface area contributed by atoms with Crippen LogP contribution >= 0.6 is 0 Å². The smallest absolute Gasteiger partial charge is 0.136 e. The van der Waals surface area contributed by atoms with E-state index in [0.29, 0.717) is 11.8 Å². The fraction of sp³-hybridized carbons (Fsp3) is 0.778. The molecule has 3 nitrogen and oxygen atoms in total. The summed E-state index contributed by atoms with van der Waals surface area (Å²) in [6.45, 7) is 5.62. The Morgan fingerprint density at radius 1 is 1.58 bits per heavy atom. The molecule has 1 aliphatic rings. The summed E-state index contributed by atoms with van der Waals surface area (Å²) in [5.41, 5.74) is 0. The van der Waals surface area contributed by atoms with Crippen LogP contribution in [0.25, 0.3) is 0 Å². The van der Waals surface area contributed by atoms with E-state index < -0.39 is 0 Å². The first kappa shape index (κ1) is 7.77. The van der Waals surface area contributed by atoms with E-state index in [1.807, 2.05) is 6.33 Å². The Balaban J connectivity index is 2.31. The van der Waals surface area contributed by atoms with Crippen LogP contribution < -0.4 is 0 Å². The van der Waals surface area contributed by atoms with E-state index in [1.165, 1.54) is 18.7 Å². The normalized spacial score (nSPS) is 22.8. The minimum atomic E-state index is 0.626. The van der Waals surface area contributed by atoms with E-state index in [4.69, 9.17) is 0 Å². The van der Waals surface area contributed by atoms with Gasteiger partial charge in [-0.25, -0.2) is 0 Å². The lowest BCUT2D eigenvalue weighted by Crippen LogP contribution is -2.19. The lowest BCUT2D eigenvalue weighted by atomic mass is 9.88. The van der Waals surface area contributed by atoms with Gasteiger partial charge in [-0.05, 0) is 18.8 Å². The quantitative estimate of drug-likeness (QED) is 0.635. The molecule has 1 aromatic rings. The average molecular weight is 165 g/mol. The van der Waals surface area contributed by atoms with Gasteiger partial charge in [-0.3, -0.25) is 0 Å². The minimum Gasteiger partial charge on any atom is -0.317 e. The molecule has 12 heavy (non-hydrogen) atoms. The van der Waals surface area contributed by atoms with Gasteiger partial charge in [0.1, 0.15) is 12.2 Å². The van der Waals surface area contributed by atoms with E-state index >= 15 is 0 Å². The molecule has 2 rings (SSSR count). The molecule has 0 N–H and O–H groups in total. The number of fused-ring (bicyclic) bond motifs is 1. The van der Waals surface area contributed by atoms with Crippen LogP contribution in [0.4, 0.5) is 0 Å². The largest absolute Gasteiger partial charge is 0.317 e. The summed E-state index contributed by atoms with van der Waals surface area (Å²) < 4.78 is 2.19. The molecule has 1 unspecified atom stereocenters. The van der Waals surface area contributed by atoms with Crippen molar-refractivity contribution in [3.05, 3.63) is 12.2 Å². The summed E-state index contributed by atoms with van der Waals surface area (Å²) in [6.07, 6.45) is 4.40. The van der Waals surface area contributed by atoms with Crippen LogP contribution in [-0.4, -0.2) is 14.8 Å². The molecule has 0 saturated carbocycles. The first-order valence-electron chi connectivity index (χ1n) is 4.66. The maximum Gasteiger partial charge on any atom is 0.136 e. The Morgan fingerprint density at radius 3 is 3.17 bits per heavy atom. The zero-order chi connectivity index (χ0) is 8.55. The van der Waals surface area contributed by atoms with Crippen molar-refractivity contribution in [2.75, 3.05) is 0 Å². The maximum atomic E-state index is 4.17. The lowest BCUT2D eigenvalue weighted by Gasteiger charge is -2.25. The molecule has 1 aliphatic heterocycles. The van der Waals surface area contributed by atoms with Gasteiger partial charge in [0.15, 0.2) is 0 Å². The van der Waals surface area contributed by atoms with Gasteiger partial charge < -0.3 is 4.57 Å². The fourth-order valence-electron chi connectivity index (χ4n) is 1.97. The second-order valence-corrected chi connectivity index (χ2v) is 3.88. The zero-order valence-corrected chi connectivity index (χ0v) is 7.70. The molecule has 0 fully saturated rings. The standard InChI is InChI=1S/C9H15N3/c1-7(2)8-4-3-5-12-6-10-11-9(8)12/h6-8H,3-5H2,1-2H3. The van der Waals surface area contributed by atoms with Gasteiger partial charge in [-0.15, -0.1) is 10.2 Å². The average Bonchev–Trinajstić information content (AvgIpc) is 2.49. The molecule has 0 amide bonds. The van der Waals surface area contributed by atoms with Crippen molar-refractivity contribution in [3.63, 3.8) is 0 Å². The van der Waals surface area contributed by atoms with E-state index in [9.17, 15) is 0 Å². The number of rotatable bonds is 1.